The summed E-state index contributed by atoms with van der Waals surface area (Å²) in [5.41, 5.74) is 3.22. The van der Waals surface area contributed by atoms with Gasteiger partial charge in [-0.05, 0) is 32.0 Å². The molecule has 0 radical (unpaired) electrons. The van der Waals surface area contributed by atoms with Gasteiger partial charge in [0.25, 0.3) is 5.69 Å². The predicted octanol–water partition coefficient (Wildman–Crippen LogP) is 4.08. The van der Waals surface area contributed by atoms with Crippen LogP contribution in [0.1, 0.15) is 13.8 Å². The minimum atomic E-state index is -0.345. The molecule has 1 N–H and O–H groups in total. The number of hydrogen-bond donors (Lipinski definition) is 1. The first-order valence-electron chi connectivity index (χ1n) is 9.24. The zero-order valence-corrected chi connectivity index (χ0v) is 15.8. The molecule has 7 heteroatoms. The van der Waals surface area contributed by atoms with E-state index in [1.807, 2.05) is 24.3 Å². The molecule has 0 spiro atoms. The Labute approximate surface area is 157 Å². The molecule has 140 valence electrons. The molecule has 7 nitrogen and oxygen atoms in total. The zero-order chi connectivity index (χ0) is 19.2. The Bertz CT molecular complexity index is 1060. The summed E-state index contributed by atoms with van der Waals surface area (Å²) in [7, 11) is 1.63. The number of nitro benzene ring substituents is 1. The maximum atomic E-state index is 11.7. The Morgan fingerprint density at radius 3 is 2.70 bits per heavy atom. The van der Waals surface area contributed by atoms with Crippen LogP contribution in [0.4, 0.5) is 17.1 Å². The van der Waals surface area contributed by atoms with E-state index in [0.29, 0.717) is 5.52 Å². The molecule has 0 saturated carbocycles. The molecule has 0 unspecified atom stereocenters. The van der Waals surface area contributed by atoms with Crippen LogP contribution in [0.5, 0.6) is 5.75 Å². The van der Waals surface area contributed by atoms with E-state index in [4.69, 9.17) is 9.72 Å². The van der Waals surface area contributed by atoms with Crippen molar-refractivity contribution in [3.8, 4) is 5.75 Å². The van der Waals surface area contributed by atoms with Gasteiger partial charge in [0.2, 0.25) is 0 Å². The average Bonchev–Trinajstić information content (AvgIpc) is 2.86. The minimum Gasteiger partial charge on any atom is -0.497 e. The molecule has 0 atom stereocenters. The topological polar surface area (TPSA) is 77.3 Å². The second-order valence-electron chi connectivity index (χ2n) is 6.88. The second kappa shape index (κ2) is 6.35. The lowest BCUT2D eigenvalue weighted by Crippen LogP contribution is -2.51. The van der Waals surface area contributed by atoms with E-state index in [0.717, 1.165) is 64.1 Å². The highest BCUT2D eigenvalue weighted by molar-refractivity contribution is 6.15. The van der Waals surface area contributed by atoms with Crippen LogP contribution in [0.2, 0.25) is 0 Å². The highest BCUT2D eigenvalue weighted by Gasteiger charge is 2.35. The number of anilines is 1. The number of quaternary nitrogens is 1. The fourth-order valence-electron chi connectivity index (χ4n) is 4.25. The molecule has 0 fully saturated rings. The Kier molecular flexibility index (Phi) is 4.11. The van der Waals surface area contributed by atoms with Gasteiger partial charge in [0.1, 0.15) is 18.0 Å². The molecular weight excluding hydrogens is 344 g/mol. The number of nitrogens with zero attached hydrogens (tertiary/aromatic N) is 3. The highest BCUT2D eigenvalue weighted by Crippen LogP contribution is 2.44. The number of fused-ring (bicyclic) bond motifs is 2. The average molecular weight is 367 g/mol. The summed E-state index contributed by atoms with van der Waals surface area (Å²) >= 11 is 0. The first kappa shape index (κ1) is 17.5. The summed E-state index contributed by atoms with van der Waals surface area (Å²) in [4.78, 5) is 16.0. The molecule has 0 bridgehead atoms. The fraction of sp³-hybridized carbons (Fsp3) is 0.350. The standard InChI is InChI=1S/C20H23N4O3/c1-4-24(5-2)11-10-21-19-14-12-13(27-3)6-7-15(14)22-20-16(23(25)26)8-9-17(24)18(19)20/h6-9,12,21H,4-5,10-11H2,1-3H3/q+1. The maximum Gasteiger partial charge on any atom is 0.296 e. The van der Waals surface area contributed by atoms with Gasteiger partial charge in [0.05, 0.1) is 48.3 Å². The van der Waals surface area contributed by atoms with Crippen molar-refractivity contribution in [3.63, 3.8) is 0 Å². The first-order valence-corrected chi connectivity index (χ1v) is 9.24. The lowest BCUT2D eigenvalue weighted by molar-refractivity contribution is -0.383. The minimum absolute atomic E-state index is 0.0433. The summed E-state index contributed by atoms with van der Waals surface area (Å²) in [6.07, 6.45) is 0. The van der Waals surface area contributed by atoms with Crippen LogP contribution < -0.4 is 14.5 Å². The number of ether oxygens (including phenoxy) is 1. The third kappa shape index (κ3) is 2.49. The quantitative estimate of drug-likeness (QED) is 0.325. The van der Waals surface area contributed by atoms with Gasteiger partial charge in [-0.15, -0.1) is 0 Å². The van der Waals surface area contributed by atoms with Gasteiger partial charge in [0, 0.05) is 17.5 Å². The lowest BCUT2D eigenvalue weighted by atomic mass is 10.0. The third-order valence-electron chi connectivity index (χ3n) is 5.85. The van der Waals surface area contributed by atoms with E-state index >= 15 is 0 Å². The molecule has 2 aromatic carbocycles. The van der Waals surface area contributed by atoms with Gasteiger partial charge in [-0.25, -0.2) is 4.98 Å². The van der Waals surface area contributed by atoms with Crippen molar-refractivity contribution in [2.45, 2.75) is 13.8 Å². The number of methoxy groups -OCH3 is 1. The molecular formula is C20H23N4O3+. The van der Waals surface area contributed by atoms with Gasteiger partial charge in [0.15, 0.2) is 5.52 Å². The van der Waals surface area contributed by atoms with E-state index in [1.165, 1.54) is 0 Å². The number of nitrogens with one attached hydrogen (secondary N) is 1. The molecule has 1 aliphatic heterocycles. The summed E-state index contributed by atoms with van der Waals surface area (Å²) in [5.74, 6) is 0.740. The molecule has 27 heavy (non-hydrogen) atoms. The van der Waals surface area contributed by atoms with Crippen LogP contribution in [-0.4, -0.2) is 43.2 Å². The van der Waals surface area contributed by atoms with Crippen LogP contribution in [0, 0.1) is 10.1 Å². The maximum absolute atomic E-state index is 11.7. The Balaban J connectivity index is 2.21. The Morgan fingerprint density at radius 1 is 1.26 bits per heavy atom. The SMILES string of the molecule is CC[N+]1(CC)CCNc2c3cc(OC)ccc3nc3c([N+](=O)[O-])ccc1c23. The molecule has 1 aromatic heterocycles. The molecule has 0 amide bonds. The van der Waals surface area contributed by atoms with Crippen molar-refractivity contribution in [2.24, 2.45) is 0 Å². The van der Waals surface area contributed by atoms with E-state index in [1.54, 1.807) is 13.2 Å². The molecule has 0 aliphatic carbocycles. The number of non-ortho nitro benzene ring substituents is 1. The van der Waals surface area contributed by atoms with Crippen molar-refractivity contribution in [1.29, 1.82) is 0 Å². The molecule has 0 saturated heterocycles. The number of nitro groups is 1. The number of likely N-dealkylation sites (N-methyl/N-ethyl adjacent to an activating group) is 1. The summed E-state index contributed by atoms with van der Waals surface area (Å²) < 4.78 is 6.16. The van der Waals surface area contributed by atoms with Crippen LogP contribution in [0.3, 0.4) is 0 Å². The molecule has 3 aromatic rings. The van der Waals surface area contributed by atoms with Crippen LogP contribution in [0.25, 0.3) is 21.8 Å². The van der Waals surface area contributed by atoms with E-state index < -0.39 is 0 Å². The number of benzene rings is 2. The van der Waals surface area contributed by atoms with Gasteiger partial charge < -0.3 is 10.1 Å². The highest BCUT2D eigenvalue weighted by atomic mass is 16.6. The van der Waals surface area contributed by atoms with E-state index in [-0.39, 0.29) is 10.6 Å². The lowest BCUT2D eigenvalue weighted by Gasteiger charge is -2.35. The first-order chi connectivity index (χ1) is 13.0. The van der Waals surface area contributed by atoms with Gasteiger partial charge >= 0.3 is 0 Å². The second-order valence-corrected chi connectivity index (χ2v) is 6.88. The number of rotatable bonds is 4. The molecule has 2 heterocycles. The Morgan fingerprint density at radius 2 is 2.04 bits per heavy atom. The summed E-state index contributed by atoms with van der Waals surface area (Å²) in [5, 5.41) is 17.0. The van der Waals surface area contributed by atoms with Gasteiger partial charge in [-0.2, -0.15) is 0 Å². The third-order valence-corrected chi connectivity index (χ3v) is 5.85. The van der Waals surface area contributed by atoms with Crippen molar-refractivity contribution < 1.29 is 9.66 Å². The van der Waals surface area contributed by atoms with Crippen LogP contribution in [0.15, 0.2) is 30.3 Å². The van der Waals surface area contributed by atoms with Crippen LogP contribution >= 0.6 is 0 Å². The number of hydrogen-bond acceptors (Lipinski definition) is 5. The van der Waals surface area contributed by atoms with Crippen LogP contribution in [-0.2, 0) is 0 Å². The van der Waals surface area contributed by atoms with Crippen molar-refractivity contribution >= 4 is 38.9 Å². The number of pyridine rings is 1. The molecule has 4 rings (SSSR count). The monoisotopic (exact) mass is 367 g/mol. The van der Waals surface area contributed by atoms with Gasteiger partial charge in [-0.1, -0.05) is 0 Å². The zero-order valence-electron chi connectivity index (χ0n) is 15.8. The molecule has 1 aliphatic rings. The largest absolute Gasteiger partial charge is 0.497 e. The number of aromatic nitrogens is 1. The predicted molar refractivity (Wildman–Crippen MR) is 109 cm³/mol. The van der Waals surface area contributed by atoms with Crippen molar-refractivity contribution in [2.75, 3.05) is 38.6 Å². The summed E-state index contributed by atoms with van der Waals surface area (Å²) in [6.45, 7) is 7.87. The van der Waals surface area contributed by atoms with Gasteiger partial charge in [-0.3, -0.25) is 14.6 Å². The summed E-state index contributed by atoms with van der Waals surface area (Å²) in [6, 6.07) is 9.16. The Hall–Kier alpha value is -2.93. The van der Waals surface area contributed by atoms with E-state index in [9.17, 15) is 10.1 Å². The van der Waals surface area contributed by atoms with E-state index in [2.05, 4.69) is 19.2 Å². The van der Waals surface area contributed by atoms with Crippen molar-refractivity contribution in [3.05, 3.63) is 40.4 Å². The van der Waals surface area contributed by atoms with Crippen molar-refractivity contribution in [1.82, 2.24) is 9.47 Å². The normalized spacial score (nSPS) is 15.4. The smallest absolute Gasteiger partial charge is 0.296 e. The fourth-order valence-corrected chi connectivity index (χ4v) is 4.25.